The summed E-state index contributed by atoms with van der Waals surface area (Å²) in [5, 5.41) is 19.4. The molecule has 4 nitrogen and oxygen atoms in total. The molecule has 0 aliphatic heterocycles. The van der Waals surface area contributed by atoms with E-state index in [9.17, 15) is 10.2 Å². The molecule has 0 atom stereocenters. The molecule has 0 heterocycles. The van der Waals surface area contributed by atoms with Crippen molar-refractivity contribution in [2.24, 2.45) is 0 Å². The third kappa shape index (κ3) is 9.38. The monoisotopic (exact) mass is 584 g/mol. The van der Waals surface area contributed by atoms with E-state index in [1.54, 1.807) is 12.1 Å². The normalized spacial score (nSPS) is 11.5. The molecule has 0 amide bonds. The number of phenols is 2. The SMILES string of the molecule is Oc1ccc(O)c(CCCCCCOCCOCCCCSC(c2ccccc2)(c2ccccc2)c2ccccc2)c1. The fraction of sp³-hybridized carbons (Fsp3) is 0.351. The Kier molecular flexibility index (Phi) is 13.3. The van der Waals surface area contributed by atoms with E-state index in [2.05, 4.69) is 91.0 Å². The van der Waals surface area contributed by atoms with E-state index in [1.807, 2.05) is 11.8 Å². The maximum Gasteiger partial charge on any atom is 0.119 e. The highest BCUT2D eigenvalue weighted by atomic mass is 32.2. The molecule has 0 aliphatic carbocycles. The fourth-order valence-electron chi connectivity index (χ4n) is 5.27. The van der Waals surface area contributed by atoms with E-state index in [0.29, 0.717) is 13.2 Å². The van der Waals surface area contributed by atoms with Crippen LogP contribution in [-0.2, 0) is 20.6 Å². The van der Waals surface area contributed by atoms with Crippen LogP contribution in [0.5, 0.6) is 11.5 Å². The van der Waals surface area contributed by atoms with Gasteiger partial charge in [0.2, 0.25) is 0 Å². The number of benzene rings is 4. The third-order valence-electron chi connectivity index (χ3n) is 7.46. The maximum atomic E-state index is 9.86. The van der Waals surface area contributed by atoms with Crippen LogP contribution in [0.2, 0.25) is 0 Å². The number of aromatic hydroxyl groups is 2. The molecule has 4 aromatic rings. The Morgan fingerprint density at radius 1 is 0.524 bits per heavy atom. The van der Waals surface area contributed by atoms with Crippen LogP contribution in [0, 0.1) is 0 Å². The second-order valence-corrected chi connectivity index (χ2v) is 11.8. The van der Waals surface area contributed by atoms with E-state index in [-0.39, 0.29) is 16.2 Å². The number of aryl methyl sites for hydroxylation is 1. The van der Waals surface area contributed by atoms with Gasteiger partial charge in [-0.25, -0.2) is 0 Å². The van der Waals surface area contributed by atoms with Crippen molar-refractivity contribution in [3.8, 4) is 11.5 Å². The van der Waals surface area contributed by atoms with Crippen molar-refractivity contribution >= 4 is 11.8 Å². The summed E-state index contributed by atoms with van der Waals surface area (Å²) in [6.45, 7) is 2.76. The number of hydrogen-bond donors (Lipinski definition) is 2. The summed E-state index contributed by atoms with van der Waals surface area (Å²) in [7, 11) is 0. The van der Waals surface area contributed by atoms with Gasteiger partial charge >= 0.3 is 0 Å². The molecular formula is C37H44O4S. The van der Waals surface area contributed by atoms with Gasteiger partial charge in [-0.05, 0) is 78.3 Å². The molecule has 0 saturated carbocycles. The Labute approximate surface area is 255 Å². The summed E-state index contributed by atoms with van der Waals surface area (Å²) in [6.07, 6.45) is 7.06. The van der Waals surface area contributed by atoms with Gasteiger partial charge in [0.15, 0.2) is 0 Å². The average Bonchev–Trinajstić information content (AvgIpc) is 3.04. The zero-order valence-electron chi connectivity index (χ0n) is 24.5. The van der Waals surface area contributed by atoms with Crippen molar-refractivity contribution in [2.45, 2.75) is 49.7 Å². The minimum atomic E-state index is -0.259. The fourth-order valence-corrected chi connectivity index (χ4v) is 6.83. The van der Waals surface area contributed by atoms with E-state index < -0.39 is 0 Å². The smallest absolute Gasteiger partial charge is 0.119 e. The summed E-state index contributed by atoms with van der Waals surface area (Å²) in [5.41, 5.74) is 4.72. The second kappa shape index (κ2) is 17.6. The standard InChI is InChI=1S/C37H44O4S/c38-35-23-24-36(39)31(30-35)16-6-1-2-13-25-40-27-28-41-26-14-15-29-42-37(32-17-7-3-8-18-32,33-19-9-4-10-20-33)34-21-11-5-12-22-34/h3-5,7-12,17-24,30,38-39H,1-2,6,13-16,25-29H2. The molecule has 0 saturated heterocycles. The van der Waals surface area contributed by atoms with Gasteiger partial charge in [0.05, 0.1) is 18.0 Å². The highest BCUT2D eigenvalue weighted by Gasteiger charge is 2.36. The number of rotatable bonds is 19. The van der Waals surface area contributed by atoms with Crippen molar-refractivity contribution in [2.75, 3.05) is 32.2 Å². The van der Waals surface area contributed by atoms with Crippen LogP contribution in [0.4, 0.5) is 0 Å². The van der Waals surface area contributed by atoms with Crippen LogP contribution < -0.4 is 0 Å². The molecule has 0 unspecified atom stereocenters. The number of unbranched alkanes of at least 4 members (excludes halogenated alkanes) is 4. The van der Waals surface area contributed by atoms with Crippen LogP contribution in [0.3, 0.4) is 0 Å². The maximum absolute atomic E-state index is 9.86. The minimum absolute atomic E-state index is 0.202. The summed E-state index contributed by atoms with van der Waals surface area (Å²) in [5.74, 6) is 1.49. The molecule has 0 spiro atoms. The van der Waals surface area contributed by atoms with Gasteiger partial charge in [-0.3, -0.25) is 0 Å². The molecule has 42 heavy (non-hydrogen) atoms. The van der Waals surface area contributed by atoms with Crippen molar-refractivity contribution < 1.29 is 19.7 Å². The first-order valence-corrected chi connectivity index (χ1v) is 16.2. The minimum Gasteiger partial charge on any atom is -0.508 e. The Bertz CT molecular complexity index is 1180. The van der Waals surface area contributed by atoms with Crippen molar-refractivity contribution in [3.63, 3.8) is 0 Å². The van der Waals surface area contributed by atoms with Crippen LogP contribution in [-0.4, -0.2) is 42.4 Å². The van der Waals surface area contributed by atoms with E-state index in [0.717, 1.165) is 69.5 Å². The van der Waals surface area contributed by atoms with Crippen molar-refractivity contribution in [3.05, 3.63) is 131 Å². The van der Waals surface area contributed by atoms with E-state index in [1.165, 1.54) is 22.8 Å². The zero-order chi connectivity index (χ0) is 29.3. The first-order valence-electron chi connectivity index (χ1n) is 15.2. The van der Waals surface area contributed by atoms with Crippen LogP contribution in [0.1, 0.15) is 60.8 Å². The van der Waals surface area contributed by atoms with Gasteiger partial charge in [0.1, 0.15) is 11.5 Å². The predicted octanol–water partition coefficient (Wildman–Crippen LogP) is 8.74. The van der Waals surface area contributed by atoms with E-state index in [4.69, 9.17) is 9.47 Å². The average molecular weight is 585 g/mol. The van der Waals surface area contributed by atoms with Crippen molar-refractivity contribution in [1.82, 2.24) is 0 Å². The Morgan fingerprint density at radius 3 is 1.57 bits per heavy atom. The van der Waals surface area contributed by atoms with Crippen LogP contribution in [0.15, 0.2) is 109 Å². The molecule has 0 aliphatic rings. The Hall–Kier alpha value is -3.25. The quantitative estimate of drug-likeness (QED) is 0.0656. The molecule has 0 aromatic heterocycles. The number of phenolic OH excluding ortho intramolecular Hbond substituents is 2. The lowest BCUT2D eigenvalue weighted by Crippen LogP contribution is -2.26. The summed E-state index contributed by atoms with van der Waals surface area (Å²) < 4.78 is 11.3. The Balaban J connectivity index is 1.11. The van der Waals surface area contributed by atoms with Gasteiger partial charge in [-0.15, -0.1) is 11.8 Å². The van der Waals surface area contributed by atoms with E-state index >= 15 is 0 Å². The highest BCUT2D eigenvalue weighted by molar-refractivity contribution is 8.00. The lowest BCUT2D eigenvalue weighted by atomic mass is 9.84. The number of ether oxygens (including phenoxy) is 2. The van der Waals surface area contributed by atoms with Gasteiger partial charge in [-0.1, -0.05) is 104 Å². The predicted molar refractivity (Wildman–Crippen MR) is 174 cm³/mol. The summed E-state index contributed by atoms with van der Waals surface area (Å²) >= 11 is 2.01. The topological polar surface area (TPSA) is 58.9 Å². The molecule has 0 bridgehead atoms. The molecule has 0 fully saturated rings. The molecular weight excluding hydrogens is 540 g/mol. The Morgan fingerprint density at radius 2 is 1.02 bits per heavy atom. The summed E-state index contributed by atoms with van der Waals surface area (Å²) in [6, 6.07) is 37.3. The first kappa shape index (κ1) is 31.7. The van der Waals surface area contributed by atoms with Gasteiger partial charge in [0, 0.05) is 13.2 Å². The number of thioether (sulfide) groups is 1. The number of hydrogen-bond acceptors (Lipinski definition) is 5. The molecule has 2 N–H and O–H groups in total. The first-order chi connectivity index (χ1) is 20.7. The molecule has 222 valence electrons. The highest BCUT2D eigenvalue weighted by Crippen LogP contribution is 2.48. The lowest BCUT2D eigenvalue weighted by molar-refractivity contribution is 0.0453. The summed E-state index contributed by atoms with van der Waals surface area (Å²) in [4.78, 5) is 0. The molecule has 5 heteroatoms. The molecule has 0 radical (unpaired) electrons. The van der Waals surface area contributed by atoms with Crippen LogP contribution in [0.25, 0.3) is 0 Å². The van der Waals surface area contributed by atoms with Gasteiger partial charge in [0.25, 0.3) is 0 Å². The zero-order valence-corrected chi connectivity index (χ0v) is 25.3. The van der Waals surface area contributed by atoms with Gasteiger partial charge in [-0.2, -0.15) is 0 Å². The van der Waals surface area contributed by atoms with Crippen molar-refractivity contribution in [1.29, 1.82) is 0 Å². The lowest BCUT2D eigenvalue weighted by Gasteiger charge is -2.35. The second-order valence-electron chi connectivity index (χ2n) is 10.5. The largest absolute Gasteiger partial charge is 0.508 e. The molecule has 4 rings (SSSR count). The van der Waals surface area contributed by atoms with Crippen LogP contribution >= 0.6 is 11.8 Å². The third-order valence-corrected chi connectivity index (χ3v) is 9.10. The molecule has 4 aromatic carbocycles. The van der Waals surface area contributed by atoms with Gasteiger partial charge < -0.3 is 19.7 Å².